The van der Waals surface area contributed by atoms with Gasteiger partial charge in [-0.25, -0.2) is 4.79 Å². The van der Waals surface area contributed by atoms with Crippen molar-refractivity contribution in [2.45, 2.75) is 19.9 Å². The number of para-hydroxylation sites is 1. The second kappa shape index (κ2) is 6.62. The molecule has 108 valence electrons. The van der Waals surface area contributed by atoms with Crippen LogP contribution in [0.2, 0.25) is 0 Å². The molecule has 0 unspecified atom stereocenters. The molecule has 1 aromatic heterocycles. The molecule has 1 heterocycles. The molecule has 0 saturated heterocycles. The van der Waals surface area contributed by atoms with Gasteiger partial charge in [0.2, 0.25) is 5.76 Å². The molecule has 1 aromatic carbocycles. The fraction of sp³-hybridized carbons (Fsp3) is 0.250. The number of aromatic carboxylic acids is 1. The van der Waals surface area contributed by atoms with Gasteiger partial charge >= 0.3 is 5.97 Å². The van der Waals surface area contributed by atoms with Crippen LogP contribution in [0.15, 0.2) is 40.8 Å². The Morgan fingerprint density at radius 1 is 1.38 bits per heavy atom. The molecule has 5 heteroatoms. The van der Waals surface area contributed by atoms with Gasteiger partial charge in [0.25, 0.3) is 0 Å². The van der Waals surface area contributed by atoms with Crippen LogP contribution in [0, 0.1) is 18.3 Å². The summed E-state index contributed by atoms with van der Waals surface area (Å²) in [5, 5.41) is 17.8. The zero-order valence-electron chi connectivity index (χ0n) is 11.7. The van der Waals surface area contributed by atoms with Crippen LogP contribution in [0.4, 0.5) is 5.69 Å². The van der Waals surface area contributed by atoms with Gasteiger partial charge < -0.3 is 14.4 Å². The van der Waals surface area contributed by atoms with E-state index in [4.69, 9.17) is 14.8 Å². The monoisotopic (exact) mass is 284 g/mol. The molecular formula is C16H16N2O3. The van der Waals surface area contributed by atoms with E-state index in [0.717, 1.165) is 5.69 Å². The van der Waals surface area contributed by atoms with Gasteiger partial charge in [-0.3, -0.25) is 0 Å². The van der Waals surface area contributed by atoms with E-state index in [-0.39, 0.29) is 5.76 Å². The Kier molecular flexibility index (Phi) is 4.62. The minimum atomic E-state index is -1.07. The predicted molar refractivity (Wildman–Crippen MR) is 78.1 cm³/mol. The zero-order valence-corrected chi connectivity index (χ0v) is 11.7. The number of anilines is 1. The van der Waals surface area contributed by atoms with E-state index in [1.807, 2.05) is 35.2 Å². The van der Waals surface area contributed by atoms with Crippen molar-refractivity contribution in [1.29, 1.82) is 5.26 Å². The van der Waals surface area contributed by atoms with Crippen LogP contribution >= 0.6 is 0 Å². The fourth-order valence-electron chi connectivity index (χ4n) is 2.15. The molecule has 0 spiro atoms. The van der Waals surface area contributed by atoms with Crippen molar-refractivity contribution in [3.8, 4) is 6.07 Å². The van der Waals surface area contributed by atoms with E-state index in [1.165, 1.54) is 0 Å². The Labute approximate surface area is 123 Å². The Morgan fingerprint density at radius 3 is 2.67 bits per heavy atom. The minimum Gasteiger partial charge on any atom is -0.475 e. The number of carbonyl (C=O) groups is 1. The van der Waals surface area contributed by atoms with E-state index in [1.54, 1.807) is 13.0 Å². The molecule has 0 saturated carbocycles. The maximum Gasteiger partial charge on any atom is 0.372 e. The molecule has 5 nitrogen and oxygen atoms in total. The van der Waals surface area contributed by atoms with Crippen molar-refractivity contribution < 1.29 is 14.3 Å². The summed E-state index contributed by atoms with van der Waals surface area (Å²) in [4.78, 5) is 13.0. The number of rotatable bonds is 6. The van der Waals surface area contributed by atoms with Gasteiger partial charge in [-0.1, -0.05) is 18.2 Å². The third-order valence-corrected chi connectivity index (χ3v) is 3.12. The van der Waals surface area contributed by atoms with Crippen molar-refractivity contribution >= 4 is 11.7 Å². The van der Waals surface area contributed by atoms with Crippen molar-refractivity contribution in [2.24, 2.45) is 0 Å². The predicted octanol–water partition coefficient (Wildman–Crippen LogP) is 3.21. The first-order valence-electron chi connectivity index (χ1n) is 6.61. The van der Waals surface area contributed by atoms with E-state index < -0.39 is 5.97 Å². The van der Waals surface area contributed by atoms with Crippen LogP contribution in [0.3, 0.4) is 0 Å². The smallest absolute Gasteiger partial charge is 0.372 e. The van der Waals surface area contributed by atoms with E-state index in [9.17, 15) is 4.79 Å². The molecular weight excluding hydrogens is 268 g/mol. The topological polar surface area (TPSA) is 77.5 Å². The molecule has 0 amide bonds. The maximum absolute atomic E-state index is 11.0. The van der Waals surface area contributed by atoms with Gasteiger partial charge in [0.05, 0.1) is 19.0 Å². The van der Waals surface area contributed by atoms with Gasteiger partial charge in [0, 0.05) is 17.8 Å². The molecule has 0 aliphatic carbocycles. The average molecular weight is 284 g/mol. The number of aryl methyl sites for hydroxylation is 1. The van der Waals surface area contributed by atoms with Gasteiger partial charge in [-0.2, -0.15) is 5.26 Å². The Hall–Kier alpha value is -2.74. The summed E-state index contributed by atoms with van der Waals surface area (Å²) in [6.45, 7) is 2.70. The number of nitrogens with zero attached hydrogens (tertiary/aromatic N) is 2. The molecule has 2 rings (SSSR count). The molecule has 2 aromatic rings. The molecule has 0 aliphatic heterocycles. The van der Waals surface area contributed by atoms with Gasteiger partial charge in [-0.15, -0.1) is 0 Å². The number of benzene rings is 1. The van der Waals surface area contributed by atoms with Crippen LogP contribution in [0.1, 0.15) is 28.3 Å². The first-order chi connectivity index (χ1) is 10.1. The molecule has 0 aliphatic rings. The lowest BCUT2D eigenvalue weighted by Gasteiger charge is -2.22. The lowest BCUT2D eigenvalue weighted by atomic mass is 10.2. The summed E-state index contributed by atoms with van der Waals surface area (Å²) < 4.78 is 5.38. The van der Waals surface area contributed by atoms with Crippen LogP contribution in [0.25, 0.3) is 0 Å². The number of furan rings is 1. The zero-order chi connectivity index (χ0) is 15.2. The Balaban J connectivity index is 2.21. The van der Waals surface area contributed by atoms with Crippen molar-refractivity contribution in [3.63, 3.8) is 0 Å². The highest BCUT2D eigenvalue weighted by Crippen LogP contribution is 2.20. The highest BCUT2D eigenvalue weighted by atomic mass is 16.4. The summed E-state index contributed by atoms with van der Waals surface area (Å²) in [5.74, 6) is -0.521. The quantitative estimate of drug-likeness (QED) is 0.881. The molecule has 0 fully saturated rings. The fourth-order valence-corrected chi connectivity index (χ4v) is 2.15. The van der Waals surface area contributed by atoms with Crippen molar-refractivity contribution in [2.75, 3.05) is 11.4 Å². The SMILES string of the molecule is Cc1cc(CN(CCC#N)c2ccccc2)oc1C(=O)O. The van der Waals surface area contributed by atoms with Gasteiger partial charge in [0.1, 0.15) is 5.76 Å². The van der Waals surface area contributed by atoms with Crippen LogP contribution in [-0.2, 0) is 6.54 Å². The van der Waals surface area contributed by atoms with E-state index >= 15 is 0 Å². The lowest BCUT2D eigenvalue weighted by molar-refractivity contribution is 0.0659. The number of carboxylic acid groups (broad SMARTS) is 1. The summed E-state index contributed by atoms with van der Waals surface area (Å²) in [6.07, 6.45) is 0.389. The number of hydrogen-bond acceptors (Lipinski definition) is 4. The highest BCUT2D eigenvalue weighted by Gasteiger charge is 2.16. The van der Waals surface area contributed by atoms with Gasteiger partial charge in [-0.05, 0) is 25.1 Å². The normalized spacial score (nSPS) is 10.1. The van der Waals surface area contributed by atoms with Crippen molar-refractivity contribution in [3.05, 3.63) is 53.5 Å². The number of nitriles is 1. The first kappa shape index (κ1) is 14.7. The second-order valence-electron chi connectivity index (χ2n) is 4.70. The number of hydrogen-bond donors (Lipinski definition) is 1. The third-order valence-electron chi connectivity index (χ3n) is 3.12. The second-order valence-corrected chi connectivity index (χ2v) is 4.70. The summed E-state index contributed by atoms with van der Waals surface area (Å²) in [5.41, 5.74) is 1.57. The molecule has 21 heavy (non-hydrogen) atoms. The van der Waals surface area contributed by atoms with Crippen LogP contribution < -0.4 is 4.90 Å². The number of carboxylic acids is 1. The van der Waals surface area contributed by atoms with Gasteiger partial charge in [0.15, 0.2) is 0 Å². The average Bonchev–Trinajstić information content (AvgIpc) is 2.85. The van der Waals surface area contributed by atoms with E-state index in [2.05, 4.69) is 6.07 Å². The lowest BCUT2D eigenvalue weighted by Crippen LogP contribution is -2.23. The molecule has 1 N–H and O–H groups in total. The molecule has 0 atom stereocenters. The van der Waals surface area contributed by atoms with Crippen molar-refractivity contribution in [1.82, 2.24) is 0 Å². The summed E-state index contributed by atoms with van der Waals surface area (Å²) in [7, 11) is 0. The van der Waals surface area contributed by atoms with E-state index in [0.29, 0.717) is 30.8 Å². The Bertz CT molecular complexity index is 656. The van der Waals surface area contributed by atoms with Crippen LogP contribution in [-0.4, -0.2) is 17.6 Å². The molecule has 0 radical (unpaired) electrons. The largest absolute Gasteiger partial charge is 0.475 e. The maximum atomic E-state index is 11.0. The Morgan fingerprint density at radius 2 is 2.10 bits per heavy atom. The summed E-state index contributed by atoms with van der Waals surface area (Å²) in [6, 6.07) is 13.5. The third kappa shape index (κ3) is 3.63. The first-order valence-corrected chi connectivity index (χ1v) is 6.61. The van der Waals surface area contributed by atoms with Crippen LogP contribution in [0.5, 0.6) is 0 Å². The molecule has 0 bridgehead atoms. The minimum absolute atomic E-state index is 0.0294. The standard InChI is InChI=1S/C16H16N2O3/c1-12-10-14(21-15(12)16(19)20)11-18(9-5-8-17)13-6-3-2-4-7-13/h2-4,6-7,10H,5,9,11H2,1H3,(H,19,20). The highest BCUT2D eigenvalue weighted by molar-refractivity contribution is 5.86. The summed E-state index contributed by atoms with van der Waals surface area (Å²) >= 11 is 0.